The van der Waals surface area contributed by atoms with Crippen molar-refractivity contribution in [2.45, 2.75) is 26.9 Å². The third kappa shape index (κ3) is 3.74. The monoisotopic (exact) mass is 428 g/mol. The summed E-state index contributed by atoms with van der Waals surface area (Å²) in [6.07, 6.45) is 5.33. The number of aryl methyl sites for hydroxylation is 1. The number of benzene rings is 2. The van der Waals surface area contributed by atoms with Gasteiger partial charge in [-0.25, -0.2) is 0 Å². The fraction of sp³-hybridized carbons (Fsp3) is 0.231. The van der Waals surface area contributed by atoms with Gasteiger partial charge in [-0.15, -0.1) is 0 Å². The molecule has 162 valence electrons. The SMILES string of the molecule is CCOc1ccccc1/C=C1\Oc2c3c(cc(C)c2C1=O)OCN(Cc1ccncc1)C3. The van der Waals surface area contributed by atoms with E-state index in [9.17, 15) is 4.79 Å². The predicted molar refractivity (Wildman–Crippen MR) is 121 cm³/mol. The van der Waals surface area contributed by atoms with Crippen LogP contribution in [0.3, 0.4) is 0 Å². The molecular formula is C26H24N2O4. The van der Waals surface area contributed by atoms with Crippen LogP contribution in [0.5, 0.6) is 17.2 Å². The molecule has 32 heavy (non-hydrogen) atoms. The average Bonchev–Trinajstić information content (AvgIpc) is 3.13. The minimum absolute atomic E-state index is 0.113. The molecule has 0 atom stereocenters. The van der Waals surface area contributed by atoms with E-state index in [2.05, 4.69) is 9.88 Å². The molecule has 0 saturated carbocycles. The maximum absolute atomic E-state index is 13.3. The Bertz CT molecular complexity index is 1200. The molecule has 2 aliphatic heterocycles. The third-order valence-electron chi connectivity index (χ3n) is 5.65. The molecule has 3 aromatic rings. The molecule has 5 rings (SSSR count). The lowest BCUT2D eigenvalue weighted by molar-refractivity contribution is 0.0872. The number of pyridine rings is 1. The Morgan fingerprint density at radius 1 is 1.19 bits per heavy atom. The number of ketones is 1. The maximum Gasteiger partial charge on any atom is 0.232 e. The normalized spacial score (nSPS) is 16.3. The molecule has 0 amide bonds. The third-order valence-corrected chi connectivity index (χ3v) is 5.65. The highest BCUT2D eigenvalue weighted by molar-refractivity contribution is 6.16. The molecule has 6 nitrogen and oxygen atoms in total. The smallest absolute Gasteiger partial charge is 0.232 e. The van der Waals surface area contributed by atoms with Crippen LogP contribution in [0.15, 0.2) is 60.6 Å². The summed E-state index contributed by atoms with van der Waals surface area (Å²) in [5, 5.41) is 0. The number of aromatic nitrogens is 1. The first kappa shape index (κ1) is 20.3. The van der Waals surface area contributed by atoms with E-state index in [1.54, 1.807) is 18.5 Å². The minimum Gasteiger partial charge on any atom is -0.493 e. The largest absolute Gasteiger partial charge is 0.493 e. The lowest BCUT2D eigenvalue weighted by Gasteiger charge is -2.30. The van der Waals surface area contributed by atoms with E-state index in [4.69, 9.17) is 14.2 Å². The number of rotatable bonds is 5. The zero-order valence-corrected chi connectivity index (χ0v) is 18.1. The average molecular weight is 428 g/mol. The topological polar surface area (TPSA) is 60.9 Å². The number of hydrogen-bond donors (Lipinski definition) is 0. The van der Waals surface area contributed by atoms with Gasteiger partial charge in [0.1, 0.15) is 24.0 Å². The summed E-state index contributed by atoms with van der Waals surface area (Å²) in [5.74, 6) is 2.29. The van der Waals surface area contributed by atoms with Crippen LogP contribution in [0.1, 0.15) is 39.5 Å². The number of nitrogens with zero attached hydrogens (tertiary/aromatic N) is 2. The van der Waals surface area contributed by atoms with Gasteiger partial charge >= 0.3 is 0 Å². The summed E-state index contributed by atoms with van der Waals surface area (Å²) in [5.41, 5.74) is 4.33. The molecular weight excluding hydrogens is 404 g/mol. The maximum atomic E-state index is 13.3. The number of para-hydroxylation sites is 1. The van der Waals surface area contributed by atoms with Gasteiger partial charge in [0.15, 0.2) is 5.76 Å². The van der Waals surface area contributed by atoms with Crippen LogP contribution in [-0.2, 0) is 13.1 Å². The highest BCUT2D eigenvalue weighted by atomic mass is 16.5. The van der Waals surface area contributed by atoms with Crippen molar-refractivity contribution in [1.29, 1.82) is 0 Å². The summed E-state index contributed by atoms with van der Waals surface area (Å²) in [7, 11) is 0. The van der Waals surface area contributed by atoms with Gasteiger partial charge in [0.25, 0.3) is 0 Å². The number of ether oxygens (including phenoxy) is 3. The van der Waals surface area contributed by atoms with E-state index >= 15 is 0 Å². The molecule has 0 unspecified atom stereocenters. The molecule has 0 aliphatic carbocycles. The molecule has 2 aliphatic rings. The van der Waals surface area contributed by atoms with Gasteiger partial charge in [0.05, 0.1) is 17.7 Å². The van der Waals surface area contributed by atoms with Crippen molar-refractivity contribution < 1.29 is 19.0 Å². The minimum atomic E-state index is -0.113. The first-order valence-electron chi connectivity index (χ1n) is 10.7. The van der Waals surface area contributed by atoms with Crippen molar-refractivity contribution in [2.24, 2.45) is 0 Å². The summed E-state index contributed by atoms with van der Waals surface area (Å²) in [6, 6.07) is 13.6. The summed E-state index contributed by atoms with van der Waals surface area (Å²) >= 11 is 0. The number of Topliss-reactive ketones (excluding diaryl/α,β-unsaturated/α-hetero) is 1. The van der Waals surface area contributed by atoms with Crippen molar-refractivity contribution in [3.05, 3.63) is 88.4 Å². The highest BCUT2D eigenvalue weighted by Crippen LogP contribution is 2.44. The lowest BCUT2D eigenvalue weighted by Crippen LogP contribution is -2.31. The zero-order valence-electron chi connectivity index (χ0n) is 18.1. The number of hydrogen-bond acceptors (Lipinski definition) is 6. The Labute approximate surface area is 187 Å². The van der Waals surface area contributed by atoms with Gasteiger partial charge in [-0.1, -0.05) is 18.2 Å². The second-order valence-electron chi connectivity index (χ2n) is 7.90. The van der Waals surface area contributed by atoms with Crippen molar-refractivity contribution in [3.63, 3.8) is 0 Å². The van der Waals surface area contributed by atoms with E-state index in [-0.39, 0.29) is 5.78 Å². The van der Waals surface area contributed by atoms with Gasteiger partial charge in [0.2, 0.25) is 5.78 Å². The summed E-state index contributed by atoms with van der Waals surface area (Å²) in [4.78, 5) is 19.5. The van der Waals surface area contributed by atoms with Crippen LogP contribution in [0, 0.1) is 6.92 Å². The van der Waals surface area contributed by atoms with Crippen molar-refractivity contribution in [1.82, 2.24) is 9.88 Å². The van der Waals surface area contributed by atoms with Gasteiger partial charge in [-0.05, 0) is 55.3 Å². The van der Waals surface area contributed by atoms with Crippen LogP contribution >= 0.6 is 0 Å². The van der Waals surface area contributed by atoms with Crippen molar-refractivity contribution in [3.8, 4) is 17.2 Å². The molecule has 1 aromatic heterocycles. The highest BCUT2D eigenvalue weighted by Gasteiger charge is 2.35. The molecule has 0 radical (unpaired) electrons. The zero-order chi connectivity index (χ0) is 22.1. The van der Waals surface area contributed by atoms with E-state index in [1.807, 2.05) is 56.3 Å². The molecule has 0 saturated heterocycles. The summed E-state index contributed by atoms with van der Waals surface area (Å²) in [6.45, 7) is 6.24. The van der Waals surface area contributed by atoms with Crippen LogP contribution in [0.2, 0.25) is 0 Å². The Balaban J connectivity index is 1.47. The fourth-order valence-corrected chi connectivity index (χ4v) is 4.15. The Hall–Kier alpha value is -3.64. The van der Waals surface area contributed by atoms with E-state index in [1.165, 1.54) is 0 Å². The van der Waals surface area contributed by atoms with Gasteiger partial charge in [0, 0.05) is 31.0 Å². The Kier molecular flexibility index (Phi) is 5.37. The molecule has 0 bridgehead atoms. The quantitative estimate of drug-likeness (QED) is 0.546. The van der Waals surface area contributed by atoms with Gasteiger partial charge < -0.3 is 14.2 Å². The van der Waals surface area contributed by atoms with Crippen LogP contribution in [0.25, 0.3) is 6.08 Å². The number of fused-ring (bicyclic) bond motifs is 3. The first-order chi connectivity index (χ1) is 15.6. The molecule has 0 N–H and O–H groups in total. The Morgan fingerprint density at radius 2 is 2.00 bits per heavy atom. The first-order valence-corrected chi connectivity index (χ1v) is 10.7. The molecule has 2 aromatic carbocycles. The molecule has 3 heterocycles. The molecule has 0 spiro atoms. The van der Waals surface area contributed by atoms with Crippen LogP contribution in [-0.4, -0.2) is 29.0 Å². The fourth-order valence-electron chi connectivity index (χ4n) is 4.15. The van der Waals surface area contributed by atoms with E-state index in [0.29, 0.717) is 37.0 Å². The molecule has 6 heteroatoms. The molecule has 0 fully saturated rings. The van der Waals surface area contributed by atoms with E-state index in [0.717, 1.165) is 40.3 Å². The lowest BCUT2D eigenvalue weighted by atomic mass is 9.98. The van der Waals surface area contributed by atoms with Crippen LogP contribution in [0.4, 0.5) is 0 Å². The van der Waals surface area contributed by atoms with Gasteiger partial charge in [-0.2, -0.15) is 0 Å². The van der Waals surface area contributed by atoms with Gasteiger partial charge in [-0.3, -0.25) is 14.7 Å². The second kappa shape index (κ2) is 8.48. The van der Waals surface area contributed by atoms with Crippen LogP contribution < -0.4 is 14.2 Å². The van der Waals surface area contributed by atoms with Crippen molar-refractivity contribution in [2.75, 3.05) is 13.3 Å². The summed E-state index contributed by atoms with van der Waals surface area (Å²) < 4.78 is 17.9. The number of allylic oxidation sites excluding steroid dienone is 1. The second-order valence-corrected chi connectivity index (χ2v) is 7.90. The van der Waals surface area contributed by atoms with Crippen molar-refractivity contribution >= 4 is 11.9 Å². The Morgan fingerprint density at radius 3 is 2.81 bits per heavy atom. The standard InChI is InChI=1S/C26H24N2O4/c1-3-30-21-7-5-4-6-19(21)13-23-25(29)24-17(2)12-22-20(26(24)32-23)15-28(16-31-22)14-18-8-10-27-11-9-18/h4-13H,3,14-16H2,1-2H3/b23-13-. The van der Waals surface area contributed by atoms with E-state index < -0.39 is 0 Å². The number of carbonyl (C=O) groups excluding carboxylic acids is 1. The predicted octanol–water partition coefficient (Wildman–Crippen LogP) is 4.76. The number of carbonyl (C=O) groups is 1.